The number of para-hydroxylation sites is 1. The van der Waals surface area contributed by atoms with E-state index in [1.54, 1.807) is 18.4 Å². The molecule has 2 heterocycles. The van der Waals surface area contributed by atoms with Gasteiger partial charge in [0.05, 0.1) is 18.1 Å². The molecule has 0 aliphatic heterocycles. The molecule has 0 radical (unpaired) electrons. The lowest BCUT2D eigenvalue weighted by Gasteiger charge is -2.07. The first-order chi connectivity index (χ1) is 9.61. The zero-order valence-electron chi connectivity index (χ0n) is 11.5. The van der Waals surface area contributed by atoms with E-state index >= 15 is 0 Å². The van der Waals surface area contributed by atoms with E-state index in [0.29, 0.717) is 17.0 Å². The molecule has 0 saturated carbocycles. The van der Waals surface area contributed by atoms with Crippen LogP contribution in [0.1, 0.15) is 10.4 Å². The number of fused-ring (bicyclic) bond motifs is 1. The molecule has 0 fully saturated rings. The second kappa shape index (κ2) is 4.76. The van der Waals surface area contributed by atoms with E-state index in [1.165, 1.54) is 0 Å². The van der Waals surface area contributed by atoms with E-state index in [-0.39, 0.29) is 5.56 Å². The first-order valence-corrected chi connectivity index (χ1v) is 7.07. The molecule has 1 aromatic carbocycles. The van der Waals surface area contributed by atoms with Crippen LogP contribution < -0.4 is 10.3 Å². The van der Waals surface area contributed by atoms with Gasteiger partial charge in [0.15, 0.2) is 0 Å². The van der Waals surface area contributed by atoms with Crippen LogP contribution in [0.3, 0.4) is 0 Å². The molecule has 20 heavy (non-hydrogen) atoms. The summed E-state index contributed by atoms with van der Waals surface area (Å²) in [6.07, 6.45) is 0. The fourth-order valence-electron chi connectivity index (χ4n) is 2.22. The highest BCUT2D eigenvalue weighted by Gasteiger charge is 2.14. The molecule has 3 rings (SSSR count). The molecule has 0 amide bonds. The minimum absolute atomic E-state index is 0.0993. The highest BCUT2D eigenvalue weighted by atomic mass is 32.1. The number of benzene rings is 1. The fourth-order valence-corrected chi connectivity index (χ4v) is 3.25. The van der Waals surface area contributed by atoms with E-state index in [2.05, 4.69) is 9.97 Å². The molecule has 0 atom stereocenters. The summed E-state index contributed by atoms with van der Waals surface area (Å²) in [6.45, 7) is 3.96. The maximum atomic E-state index is 12.3. The van der Waals surface area contributed by atoms with Crippen molar-refractivity contribution in [3.63, 3.8) is 0 Å². The first-order valence-electron chi connectivity index (χ1n) is 6.25. The Hall–Kier alpha value is -2.14. The van der Waals surface area contributed by atoms with E-state index < -0.39 is 0 Å². The van der Waals surface area contributed by atoms with E-state index in [4.69, 9.17) is 4.74 Å². The van der Waals surface area contributed by atoms with Gasteiger partial charge in [0.25, 0.3) is 5.56 Å². The van der Waals surface area contributed by atoms with Gasteiger partial charge in [-0.15, -0.1) is 11.3 Å². The Morgan fingerprint density at radius 1 is 1.25 bits per heavy atom. The van der Waals surface area contributed by atoms with Crippen LogP contribution in [-0.4, -0.2) is 17.1 Å². The monoisotopic (exact) mass is 286 g/mol. The predicted octanol–water partition coefficient (Wildman–Crippen LogP) is 3.28. The molecule has 1 N–H and O–H groups in total. The van der Waals surface area contributed by atoms with E-state index in [1.807, 2.05) is 38.1 Å². The van der Waals surface area contributed by atoms with Crippen LogP contribution in [0.25, 0.3) is 21.6 Å². The average Bonchev–Trinajstić information content (AvgIpc) is 2.74. The smallest absolute Gasteiger partial charge is 0.260 e. The SMILES string of the molecule is COc1ccccc1-c1nc2sc(C)c(C)c2c(=O)[nH]1. The van der Waals surface area contributed by atoms with Crippen LogP contribution in [-0.2, 0) is 0 Å². The Balaban J connectivity index is 2.31. The number of aryl methyl sites for hydroxylation is 2. The number of aromatic nitrogens is 2. The van der Waals surface area contributed by atoms with Crippen molar-refractivity contribution in [3.05, 3.63) is 45.1 Å². The lowest BCUT2D eigenvalue weighted by Crippen LogP contribution is -2.09. The van der Waals surface area contributed by atoms with Crippen molar-refractivity contribution in [2.75, 3.05) is 7.11 Å². The second-order valence-corrected chi connectivity index (χ2v) is 5.78. The third-order valence-corrected chi connectivity index (χ3v) is 4.50. The summed E-state index contributed by atoms with van der Waals surface area (Å²) in [7, 11) is 1.61. The van der Waals surface area contributed by atoms with Gasteiger partial charge in [-0.2, -0.15) is 0 Å². The Bertz CT molecular complexity index is 849. The van der Waals surface area contributed by atoms with Gasteiger partial charge >= 0.3 is 0 Å². The van der Waals surface area contributed by atoms with Crippen LogP contribution >= 0.6 is 11.3 Å². The summed E-state index contributed by atoms with van der Waals surface area (Å²) >= 11 is 1.54. The van der Waals surface area contributed by atoms with Crippen LogP contribution in [0.15, 0.2) is 29.1 Å². The quantitative estimate of drug-likeness (QED) is 0.786. The number of rotatable bonds is 2. The molecular formula is C15H14N2O2S. The number of hydrogen-bond donors (Lipinski definition) is 1. The zero-order valence-corrected chi connectivity index (χ0v) is 12.3. The molecule has 102 valence electrons. The summed E-state index contributed by atoms with van der Waals surface area (Å²) in [4.78, 5) is 21.6. The standard InChI is InChI=1S/C15H14N2O2S/c1-8-9(2)20-15-12(8)14(18)16-13(17-15)10-6-4-5-7-11(10)19-3/h4-7H,1-3H3,(H,16,17,18). The fraction of sp³-hybridized carbons (Fsp3) is 0.200. The third kappa shape index (κ3) is 1.91. The molecule has 0 unspecified atom stereocenters. The lowest BCUT2D eigenvalue weighted by atomic mass is 10.1. The van der Waals surface area contributed by atoms with Gasteiger partial charge in [-0.05, 0) is 31.5 Å². The summed E-state index contributed by atoms with van der Waals surface area (Å²) in [5, 5.41) is 0.686. The van der Waals surface area contributed by atoms with Crippen molar-refractivity contribution < 1.29 is 4.74 Å². The van der Waals surface area contributed by atoms with Gasteiger partial charge in [-0.25, -0.2) is 4.98 Å². The third-order valence-electron chi connectivity index (χ3n) is 3.40. The van der Waals surface area contributed by atoms with E-state index in [0.717, 1.165) is 20.8 Å². The summed E-state index contributed by atoms with van der Waals surface area (Å²) in [6, 6.07) is 7.52. The van der Waals surface area contributed by atoms with Crippen LogP contribution in [0.4, 0.5) is 0 Å². The Labute approximate surface area is 120 Å². The minimum Gasteiger partial charge on any atom is -0.496 e. The maximum absolute atomic E-state index is 12.3. The topological polar surface area (TPSA) is 55.0 Å². The van der Waals surface area contributed by atoms with Gasteiger partial charge in [-0.3, -0.25) is 4.79 Å². The number of thiophene rings is 1. The number of nitrogens with one attached hydrogen (secondary N) is 1. The minimum atomic E-state index is -0.0993. The largest absolute Gasteiger partial charge is 0.496 e. The number of aromatic amines is 1. The Morgan fingerprint density at radius 3 is 2.75 bits per heavy atom. The van der Waals surface area contributed by atoms with Gasteiger partial charge in [-0.1, -0.05) is 12.1 Å². The van der Waals surface area contributed by atoms with Gasteiger partial charge < -0.3 is 9.72 Å². The second-order valence-electron chi connectivity index (χ2n) is 4.58. The van der Waals surface area contributed by atoms with Crippen molar-refractivity contribution in [3.8, 4) is 17.1 Å². The molecule has 5 heteroatoms. The Kier molecular flexibility index (Phi) is 3.06. The first kappa shape index (κ1) is 12.9. The number of H-pyrrole nitrogens is 1. The van der Waals surface area contributed by atoms with Gasteiger partial charge in [0.2, 0.25) is 0 Å². The van der Waals surface area contributed by atoms with Crippen molar-refractivity contribution in [1.29, 1.82) is 0 Å². The number of methoxy groups -OCH3 is 1. The van der Waals surface area contributed by atoms with E-state index in [9.17, 15) is 4.79 Å². The summed E-state index contributed by atoms with van der Waals surface area (Å²) in [5.41, 5.74) is 1.70. The molecule has 2 aromatic heterocycles. The predicted molar refractivity (Wildman–Crippen MR) is 81.7 cm³/mol. The van der Waals surface area contributed by atoms with Crippen LogP contribution in [0, 0.1) is 13.8 Å². The van der Waals surface area contributed by atoms with Crippen LogP contribution in [0.5, 0.6) is 5.75 Å². The maximum Gasteiger partial charge on any atom is 0.260 e. The molecule has 3 aromatic rings. The molecular weight excluding hydrogens is 272 g/mol. The van der Waals surface area contributed by atoms with Crippen LogP contribution in [0.2, 0.25) is 0 Å². The molecule has 0 saturated heterocycles. The highest BCUT2D eigenvalue weighted by molar-refractivity contribution is 7.18. The van der Waals surface area contributed by atoms with Crippen molar-refractivity contribution in [2.24, 2.45) is 0 Å². The normalized spacial score (nSPS) is 10.9. The molecule has 0 aliphatic rings. The zero-order chi connectivity index (χ0) is 14.3. The lowest BCUT2D eigenvalue weighted by molar-refractivity contribution is 0.416. The van der Waals surface area contributed by atoms with Crippen molar-refractivity contribution in [1.82, 2.24) is 9.97 Å². The van der Waals surface area contributed by atoms with Gasteiger partial charge in [0.1, 0.15) is 16.4 Å². The summed E-state index contributed by atoms with van der Waals surface area (Å²) < 4.78 is 5.32. The molecule has 4 nitrogen and oxygen atoms in total. The summed E-state index contributed by atoms with van der Waals surface area (Å²) in [5.74, 6) is 1.24. The number of hydrogen-bond acceptors (Lipinski definition) is 4. The highest BCUT2D eigenvalue weighted by Crippen LogP contribution is 2.30. The van der Waals surface area contributed by atoms with Crippen molar-refractivity contribution >= 4 is 21.6 Å². The number of ether oxygens (including phenoxy) is 1. The molecule has 0 aliphatic carbocycles. The Morgan fingerprint density at radius 2 is 2.00 bits per heavy atom. The van der Waals surface area contributed by atoms with Crippen molar-refractivity contribution in [2.45, 2.75) is 13.8 Å². The molecule has 0 spiro atoms. The van der Waals surface area contributed by atoms with Gasteiger partial charge in [0, 0.05) is 4.88 Å². The molecule has 0 bridgehead atoms. The average molecular weight is 286 g/mol. The number of nitrogens with zero attached hydrogens (tertiary/aromatic N) is 1.